The van der Waals surface area contributed by atoms with Crippen molar-refractivity contribution in [2.75, 3.05) is 19.7 Å². The third kappa shape index (κ3) is 2.70. The van der Waals surface area contributed by atoms with Crippen LogP contribution in [0, 0.1) is 5.92 Å². The highest BCUT2D eigenvalue weighted by Gasteiger charge is 2.35. The summed E-state index contributed by atoms with van der Waals surface area (Å²) in [5, 5.41) is 8.58. The zero-order valence-electron chi connectivity index (χ0n) is 8.40. The molecule has 5 nitrogen and oxygen atoms in total. The number of hydrogen-bond donors (Lipinski definition) is 1. The molecule has 80 valence electrons. The van der Waals surface area contributed by atoms with Gasteiger partial charge in [0.15, 0.2) is 0 Å². The van der Waals surface area contributed by atoms with E-state index in [9.17, 15) is 9.59 Å². The van der Waals surface area contributed by atoms with Gasteiger partial charge in [0.25, 0.3) is 0 Å². The van der Waals surface area contributed by atoms with Crippen molar-refractivity contribution in [3.8, 4) is 0 Å². The summed E-state index contributed by atoms with van der Waals surface area (Å²) in [6.45, 7) is 4.38. The molecule has 1 N–H and O–H groups in total. The summed E-state index contributed by atoms with van der Waals surface area (Å²) in [5.74, 6) is -1.35. The maximum atomic E-state index is 11.3. The van der Waals surface area contributed by atoms with Crippen LogP contribution in [0.3, 0.4) is 0 Å². The van der Waals surface area contributed by atoms with Gasteiger partial charge in [0.1, 0.15) is 6.61 Å². The minimum Gasteiger partial charge on any atom is -0.481 e. The van der Waals surface area contributed by atoms with Crippen LogP contribution < -0.4 is 0 Å². The average Bonchev–Trinajstić information content (AvgIpc) is 1.97. The van der Waals surface area contributed by atoms with Crippen LogP contribution in [0.5, 0.6) is 0 Å². The number of carbonyl (C=O) groups excluding carboxylic acids is 1. The van der Waals surface area contributed by atoms with Crippen LogP contribution in [0.25, 0.3) is 0 Å². The van der Waals surface area contributed by atoms with Gasteiger partial charge in [-0.1, -0.05) is 0 Å². The number of nitrogens with zero attached hydrogens (tertiary/aromatic N) is 1. The normalized spacial score (nSPS) is 16.9. The quantitative estimate of drug-likeness (QED) is 0.692. The summed E-state index contributed by atoms with van der Waals surface area (Å²) >= 11 is 0. The molecule has 0 spiro atoms. The summed E-state index contributed by atoms with van der Waals surface area (Å²) in [6, 6.07) is 0. The third-order valence-corrected chi connectivity index (χ3v) is 2.12. The molecule has 1 amide bonds. The van der Waals surface area contributed by atoms with Crippen molar-refractivity contribution in [2.24, 2.45) is 5.92 Å². The number of amides is 1. The molecule has 0 bridgehead atoms. The predicted octanol–water partition coefficient (Wildman–Crippen LogP) is -0.0456. The zero-order chi connectivity index (χ0) is 10.7. The van der Waals surface area contributed by atoms with Crippen LogP contribution in [-0.4, -0.2) is 47.7 Å². The summed E-state index contributed by atoms with van der Waals surface area (Å²) in [5.41, 5.74) is 0. The number of carboxylic acid groups (broad SMARTS) is 1. The standard InChI is InChI=1S/C9H15NO4/c1-6(2)14-5-8(11)10-3-7(4-10)9(12)13/h6-7H,3-5H2,1-2H3,(H,12,13). The van der Waals surface area contributed by atoms with E-state index in [0.29, 0.717) is 13.1 Å². The van der Waals surface area contributed by atoms with E-state index in [1.807, 2.05) is 13.8 Å². The summed E-state index contributed by atoms with van der Waals surface area (Å²) in [6.07, 6.45) is 0.0236. The lowest BCUT2D eigenvalue weighted by Crippen LogP contribution is -2.54. The Morgan fingerprint density at radius 3 is 2.50 bits per heavy atom. The van der Waals surface area contributed by atoms with Gasteiger partial charge in [0, 0.05) is 13.1 Å². The first kappa shape index (κ1) is 11.0. The van der Waals surface area contributed by atoms with Gasteiger partial charge in [-0.15, -0.1) is 0 Å². The third-order valence-electron chi connectivity index (χ3n) is 2.12. The van der Waals surface area contributed by atoms with Crippen LogP contribution in [0.15, 0.2) is 0 Å². The summed E-state index contributed by atoms with van der Waals surface area (Å²) in [7, 11) is 0. The number of hydrogen-bond acceptors (Lipinski definition) is 3. The molecule has 0 aromatic carbocycles. The number of carbonyl (C=O) groups is 2. The van der Waals surface area contributed by atoms with E-state index in [2.05, 4.69) is 0 Å². The first-order chi connectivity index (χ1) is 6.50. The van der Waals surface area contributed by atoms with Gasteiger partial charge in [0.2, 0.25) is 5.91 Å². The maximum absolute atomic E-state index is 11.3. The average molecular weight is 201 g/mol. The Hall–Kier alpha value is -1.10. The SMILES string of the molecule is CC(C)OCC(=O)N1CC(C(=O)O)C1. The van der Waals surface area contributed by atoms with Gasteiger partial charge in [-0.2, -0.15) is 0 Å². The molecule has 5 heteroatoms. The fourth-order valence-corrected chi connectivity index (χ4v) is 1.17. The fraction of sp³-hybridized carbons (Fsp3) is 0.778. The minimum absolute atomic E-state index is 0.0236. The smallest absolute Gasteiger partial charge is 0.310 e. The van der Waals surface area contributed by atoms with Gasteiger partial charge >= 0.3 is 5.97 Å². The van der Waals surface area contributed by atoms with Gasteiger partial charge < -0.3 is 14.7 Å². The first-order valence-corrected chi connectivity index (χ1v) is 4.63. The number of ether oxygens (including phenoxy) is 1. The number of likely N-dealkylation sites (tertiary alicyclic amines) is 1. The molecule has 14 heavy (non-hydrogen) atoms. The largest absolute Gasteiger partial charge is 0.481 e. The second-order valence-corrected chi connectivity index (χ2v) is 3.69. The number of rotatable bonds is 4. The van der Waals surface area contributed by atoms with Crippen LogP contribution >= 0.6 is 0 Å². The highest BCUT2D eigenvalue weighted by Crippen LogP contribution is 2.15. The molecule has 1 fully saturated rings. The molecule has 1 rings (SSSR count). The van der Waals surface area contributed by atoms with Crippen molar-refractivity contribution >= 4 is 11.9 Å². The van der Waals surface area contributed by atoms with E-state index >= 15 is 0 Å². The predicted molar refractivity (Wildman–Crippen MR) is 48.8 cm³/mol. The van der Waals surface area contributed by atoms with Gasteiger partial charge in [-0.3, -0.25) is 9.59 Å². The van der Waals surface area contributed by atoms with Crippen molar-refractivity contribution in [3.63, 3.8) is 0 Å². The van der Waals surface area contributed by atoms with E-state index in [-0.39, 0.29) is 18.6 Å². The van der Waals surface area contributed by atoms with E-state index < -0.39 is 11.9 Å². The Kier molecular flexibility index (Phi) is 3.46. The van der Waals surface area contributed by atoms with E-state index in [4.69, 9.17) is 9.84 Å². The Labute approximate surface area is 82.6 Å². The number of aliphatic carboxylic acids is 1. The van der Waals surface area contributed by atoms with E-state index in [1.54, 1.807) is 0 Å². The molecular weight excluding hydrogens is 186 g/mol. The van der Waals surface area contributed by atoms with Crippen LogP contribution in [-0.2, 0) is 14.3 Å². The Bertz CT molecular complexity index is 233. The second kappa shape index (κ2) is 4.41. The van der Waals surface area contributed by atoms with Gasteiger partial charge in [0.05, 0.1) is 12.0 Å². The van der Waals surface area contributed by atoms with Crippen LogP contribution in [0.2, 0.25) is 0 Å². The van der Waals surface area contributed by atoms with Crippen molar-refractivity contribution < 1.29 is 19.4 Å². The lowest BCUT2D eigenvalue weighted by Gasteiger charge is -2.36. The molecule has 1 saturated heterocycles. The van der Waals surface area contributed by atoms with Crippen molar-refractivity contribution in [2.45, 2.75) is 20.0 Å². The molecule has 0 aliphatic carbocycles. The topological polar surface area (TPSA) is 66.8 Å². The van der Waals surface area contributed by atoms with E-state index in [0.717, 1.165) is 0 Å². The molecule has 1 heterocycles. The molecular formula is C9H15NO4. The van der Waals surface area contributed by atoms with Gasteiger partial charge in [-0.25, -0.2) is 0 Å². The maximum Gasteiger partial charge on any atom is 0.310 e. The van der Waals surface area contributed by atoms with Crippen LogP contribution in [0.1, 0.15) is 13.8 Å². The first-order valence-electron chi connectivity index (χ1n) is 4.63. The molecule has 1 aliphatic rings. The molecule has 1 aliphatic heterocycles. The molecule has 0 atom stereocenters. The van der Waals surface area contributed by atoms with Crippen molar-refractivity contribution in [1.82, 2.24) is 4.90 Å². The van der Waals surface area contributed by atoms with E-state index in [1.165, 1.54) is 4.90 Å². The molecule has 0 saturated carbocycles. The molecule has 0 aromatic heterocycles. The monoisotopic (exact) mass is 201 g/mol. The summed E-state index contributed by atoms with van der Waals surface area (Å²) < 4.78 is 5.12. The molecule has 0 radical (unpaired) electrons. The highest BCUT2D eigenvalue weighted by molar-refractivity contribution is 5.81. The Balaban J connectivity index is 2.19. The zero-order valence-corrected chi connectivity index (χ0v) is 8.40. The lowest BCUT2D eigenvalue weighted by atomic mass is 10.0. The van der Waals surface area contributed by atoms with Crippen molar-refractivity contribution in [3.05, 3.63) is 0 Å². The Morgan fingerprint density at radius 1 is 1.50 bits per heavy atom. The Morgan fingerprint density at radius 2 is 2.07 bits per heavy atom. The van der Waals surface area contributed by atoms with Crippen molar-refractivity contribution in [1.29, 1.82) is 0 Å². The fourth-order valence-electron chi connectivity index (χ4n) is 1.17. The summed E-state index contributed by atoms with van der Waals surface area (Å²) in [4.78, 5) is 23.3. The number of carboxylic acids is 1. The molecule has 0 unspecified atom stereocenters. The highest BCUT2D eigenvalue weighted by atomic mass is 16.5. The second-order valence-electron chi connectivity index (χ2n) is 3.69. The van der Waals surface area contributed by atoms with Gasteiger partial charge in [-0.05, 0) is 13.8 Å². The van der Waals surface area contributed by atoms with Crippen LogP contribution in [0.4, 0.5) is 0 Å². The lowest BCUT2D eigenvalue weighted by molar-refractivity contribution is -0.155. The minimum atomic E-state index is -0.834. The molecule has 0 aromatic rings.